The number of hydrogen-bond donors (Lipinski definition) is 0. The van der Waals surface area contributed by atoms with Crippen molar-refractivity contribution < 1.29 is 14.4 Å². The highest BCUT2D eigenvalue weighted by Gasteiger charge is 2.61. The summed E-state index contributed by atoms with van der Waals surface area (Å²) in [5, 5.41) is 9.00. The van der Waals surface area contributed by atoms with Gasteiger partial charge in [0.15, 0.2) is 0 Å². The highest BCUT2D eigenvalue weighted by molar-refractivity contribution is 6.07. The van der Waals surface area contributed by atoms with Crippen molar-refractivity contribution in [2.75, 3.05) is 6.54 Å². The number of carbonyl (C=O) groups excluding carboxylic acids is 3. The van der Waals surface area contributed by atoms with E-state index in [9.17, 15) is 14.4 Å². The zero-order chi connectivity index (χ0) is 19.0. The molecule has 4 unspecified atom stereocenters. The molecule has 0 aliphatic carbocycles. The summed E-state index contributed by atoms with van der Waals surface area (Å²) in [6, 6.07) is 8.19. The highest BCUT2D eigenvalue weighted by Crippen LogP contribution is 2.49. The molecule has 0 aromatic heterocycles. The molecule has 2 heterocycles. The Morgan fingerprint density at radius 2 is 1.77 bits per heavy atom. The van der Waals surface area contributed by atoms with Crippen LogP contribution in [0.1, 0.15) is 50.8 Å². The van der Waals surface area contributed by atoms with Crippen LogP contribution in [-0.4, -0.2) is 40.1 Å². The Morgan fingerprint density at radius 3 is 2.31 bits per heavy atom. The van der Waals surface area contributed by atoms with Crippen LogP contribution in [0.2, 0.25) is 0 Å². The van der Waals surface area contributed by atoms with Crippen molar-refractivity contribution in [1.82, 2.24) is 9.80 Å². The van der Waals surface area contributed by atoms with Crippen molar-refractivity contribution in [2.24, 2.45) is 11.8 Å². The number of carbonyl (C=O) groups is 3. The topological polar surface area (TPSA) is 81.5 Å². The van der Waals surface area contributed by atoms with Gasteiger partial charge in [-0.15, -0.1) is 0 Å². The molecule has 1 aromatic rings. The molecule has 2 fully saturated rings. The van der Waals surface area contributed by atoms with E-state index < -0.39 is 17.9 Å². The Labute approximate surface area is 153 Å². The second kappa shape index (κ2) is 6.91. The predicted octanol–water partition coefficient (Wildman–Crippen LogP) is 2.25. The van der Waals surface area contributed by atoms with E-state index in [1.807, 2.05) is 13.8 Å². The second-order valence-electron chi connectivity index (χ2n) is 7.08. The van der Waals surface area contributed by atoms with Crippen molar-refractivity contribution in [2.45, 2.75) is 45.7 Å². The Morgan fingerprint density at radius 1 is 1.15 bits per heavy atom. The lowest BCUT2D eigenvalue weighted by Crippen LogP contribution is -2.42. The van der Waals surface area contributed by atoms with Gasteiger partial charge in [-0.25, -0.2) is 0 Å². The van der Waals surface area contributed by atoms with Crippen LogP contribution in [-0.2, 0) is 14.4 Å². The number of imide groups is 1. The van der Waals surface area contributed by atoms with Gasteiger partial charge < -0.3 is 4.90 Å². The lowest BCUT2D eigenvalue weighted by Gasteiger charge is -2.31. The number of unbranched alkanes of at least 4 members (excludes halogenated alkanes) is 1. The molecule has 0 radical (unpaired) electrons. The highest BCUT2D eigenvalue weighted by atomic mass is 16.2. The quantitative estimate of drug-likeness (QED) is 0.778. The largest absolute Gasteiger partial charge is 0.332 e. The first kappa shape index (κ1) is 18.1. The van der Waals surface area contributed by atoms with E-state index in [0.717, 1.165) is 18.4 Å². The third-order valence-corrected chi connectivity index (χ3v) is 5.57. The minimum Gasteiger partial charge on any atom is -0.332 e. The molecule has 0 spiro atoms. The third-order valence-electron chi connectivity index (χ3n) is 5.57. The molecule has 0 bridgehead atoms. The molecule has 3 rings (SSSR count). The van der Waals surface area contributed by atoms with Gasteiger partial charge in [0.05, 0.1) is 29.5 Å². The molecular weight excluding hydrogens is 330 g/mol. The zero-order valence-electron chi connectivity index (χ0n) is 15.3. The molecule has 136 valence electrons. The van der Waals surface area contributed by atoms with E-state index in [2.05, 4.69) is 6.07 Å². The summed E-state index contributed by atoms with van der Waals surface area (Å²) < 4.78 is 0. The predicted molar refractivity (Wildman–Crippen MR) is 94.5 cm³/mol. The van der Waals surface area contributed by atoms with Crippen LogP contribution in [0.5, 0.6) is 0 Å². The smallest absolute Gasteiger partial charge is 0.235 e. The van der Waals surface area contributed by atoms with E-state index in [1.165, 1.54) is 11.8 Å². The van der Waals surface area contributed by atoms with Gasteiger partial charge in [0.2, 0.25) is 17.7 Å². The molecule has 3 amide bonds. The average molecular weight is 353 g/mol. The van der Waals surface area contributed by atoms with Crippen molar-refractivity contribution in [1.29, 1.82) is 5.26 Å². The normalized spacial score (nSPS) is 27.6. The summed E-state index contributed by atoms with van der Waals surface area (Å²) in [6.07, 6.45) is 1.68. The summed E-state index contributed by atoms with van der Waals surface area (Å²) >= 11 is 0. The van der Waals surface area contributed by atoms with E-state index in [0.29, 0.717) is 12.1 Å². The SMILES string of the molecule is CCCCN1C(=O)C2C(C1=O)C(c1ccc(C#N)cc1)N(C(C)=O)C2C. The van der Waals surface area contributed by atoms with Gasteiger partial charge in [0, 0.05) is 19.5 Å². The number of amides is 3. The lowest BCUT2D eigenvalue weighted by molar-refractivity contribution is -0.143. The maximum Gasteiger partial charge on any atom is 0.235 e. The minimum absolute atomic E-state index is 0.151. The lowest BCUT2D eigenvalue weighted by atomic mass is 9.86. The Hall–Kier alpha value is -2.68. The first-order valence-corrected chi connectivity index (χ1v) is 9.06. The number of fused-ring (bicyclic) bond motifs is 1. The van der Waals surface area contributed by atoms with Crippen LogP contribution in [0.3, 0.4) is 0 Å². The van der Waals surface area contributed by atoms with Crippen molar-refractivity contribution in [3.8, 4) is 6.07 Å². The van der Waals surface area contributed by atoms with Crippen molar-refractivity contribution in [3.05, 3.63) is 35.4 Å². The molecule has 0 N–H and O–H groups in total. The Kier molecular flexibility index (Phi) is 4.82. The molecule has 0 saturated carbocycles. The number of nitriles is 1. The first-order valence-electron chi connectivity index (χ1n) is 9.06. The van der Waals surface area contributed by atoms with Crippen LogP contribution < -0.4 is 0 Å². The van der Waals surface area contributed by atoms with Crippen LogP contribution in [0.15, 0.2) is 24.3 Å². The summed E-state index contributed by atoms with van der Waals surface area (Å²) in [6.45, 7) is 5.77. The van der Waals surface area contributed by atoms with E-state index in [4.69, 9.17) is 5.26 Å². The number of likely N-dealkylation sites (tertiary alicyclic amines) is 2. The monoisotopic (exact) mass is 353 g/mol. The van der Waals surface area contributed by atoms with Gasteiger partial charge >= 0.3 is 0 Å². The van der Waals surface area contributed by atoms with Gasteiger partial charge in [-0.05, 0) is 31.0 Å². The van der Waals surface area contributed by atoms with E-state index in [1.54, 1.807) is 29.2 Å². The fraction of sp³-hybridized carbons (Fsp3) is 0.500. The molecule has 2 aliphatic heterocycles. The van der Waals surface area contributed by atoms with Crippen LogP contribution in [0.25, 0.3) is 0 Å². The van der Waals surface area contributed by atoms with Gasteiger partial charge in [0.25, 0.3) is 0 Å². The second-order valence-corrected chi connectivity index (χ2v) is 7.08. The van der Waals surface area contributed by atoms with Crippen molar-refractivity contribution in [3.63, 3.8) is 0 Å². The number of benzene rings is 1. The first-order chi connectivity index (χ1) is 12.4. The summed E-state index contributed by atoms with van der Waals surface area (Å²) in [5.41, 5.74) is 1.31. The summed E-state index contributed by atoms with van der Waals surface area (Å²) in [4.78, 5) is 41.3. The standard InChI is InChI=1S/C20H23N3O3/c1-4-5-10-22-19(25)16-12(2)23(13(3)24)18(17(16)20(22)26)15-8-6-14(11-21)7-9-15/h6-9,12,16-18H,4-5,10H2,1-3H3. The van der Waals surface area contributed by atoms with E-state index in [-0.39, 0.29) is 23.8 Å². The van der Waals surface area contributed by atoms with Crippen LogP contribution in [0, 0.1) is 23.2 Å². The van der Waals surface area contributed by atoms with Gasteiger partial charge in [-0.1, -0.05) is 25.5 Å². The maximum absolute atomic E-state index is 13.0. The third kappa shape index (κ3) is 2.68. The van der Waals surface area contributed by atoms with E-state index >= 15 is 0 Å². The summed E-state index contributed by atoms with van der Waals surface area (Å²) in [7, 11) is 0. The number of rotatable bonds is 4. The zero-order valence-corrected chi connectivity index (χ0v) is 15.3. The molecule has 1 aromatic carbocycles. The fourth-order valence-corrected chi connectivity index (χ4v) is 4.35. The Bertz CT molecular complexity index is 780. The number of nitrogens with zero attached hydrogens (tertiary/aromatic N) is 3. The van der Waals surface area contributed by atoms with Crippen LogP contribution in [0.4, 0.5) is 0 Å². The molecule has 4 atom stereocenters. The minimum atomic E-state index is -0.550. The van der Waals surface area contributed by atoms with Crippen LogP contribution >= 0.6 is 0 Å². The number of hydrogen-bond acceptors (Lipinski definition) is 4. The van der Waals surface area contributed by atoms with Crippen molar-refractivity contribution >= 4 is 17.7 Å². The fourth-order valence-electron chi connectivity index (χ4n) is 4.35. The average Bonchev–Trinajstić information content (AvgIpc) is 3.07. The molecule has 6 heteroatoms. The molecule has 6 nitrogen and oxygen atoms in total. The summed E-state index contributed by atoms with van der Waals surface area (Å²) in [5.74, 6) is -1.54. The van der Waals surface area contributed by atoms with Gasteiger partial charge in [-0.3, -0.25) is 19.3 Å². The molecule has 26 heavy (non-hydrogen) atoms. The maximum atomic E-state index is 13.0. The Balaban J connectivity index is 2.02. The molecular formula is C20H23N3O3. The molecule has 2 saturated heterocycles. The van der Waals surface area contributed by atoms with Gasteiger partial charge in [-0.2, -0.15) is 5.26 Å². The molecule has 2 aliphatic rings. The van der Waals surface area contributed by atoms with Gasteiger partial charge in [0.1, 0.15) is 0 Å².